The molecule has 2 aromatic carbocycles. The fourth-order valence-corrected chi connectivity index (χ4v) is 5.69. The molecule has 1 unspecified atom stereocenters. The number of primary amides is 1. The molecule has 2 aromatic heterocycles. The van der Waals surface area contributed by atoms with Gasteiger partial charge in [-0.25, -0.2) is 14.4 Å². The minimum absolute atomic E-state index is 0.0296. The number of rotatable bonds is 6. The van der Waals surface area contributed by atoms with Gasteiger partial charge in [-0.2, -0.15) is 13.2 Å². The summed E-state index contributed by atoms with van der Waals surface area (Å²) in [5.41, 5.74) is -0.272. The average Bonchev–Trinajstić information content (AvgIpc) is 3.46. The summed E-state index contributed by atoms with van der Waals surface area (Å²) in [6.45, 7) is 1.49. The average molecular weight is 609 g/mol. The first kappa shape index (κ1) is 28.7. The molecule has 4 aromatic rings. The van der Waals surface area contributed by atoms with E-state index in [9.17, 15) is 32.3 Å². The number of carbonyl (C=O) groups excluding carboxylic acids is 2. The first-order valence-electron chi connectivity index (χ1n) is 12.0. The number of halogens is 5. The van der Waals surface area contributed by atoms with Crippen molar-refractivity contribution in [1.29, 1.82) is 0 Å². The molecule has 0 radical (unpaired) electrons. The van der Waals surface area contributed by atoms with Crippen molar-refractivity contribution in [2.45, 2.75) is 31.0 Å². The van der Waals surface area contributed by atoms with Gasteiger partial charge in [0.2, 0.25) is 11.5 Å². The predicted octanol–water partition coefficient (Wildman–Crippen LogP) is 4.77. The Labute approximate surface area is 239 Å². The Morgan fingerprint density at radius 3 is 2.51 bits per heavy atom. The monoisotopic (exact) mass is 608 g/mol. The lowest BCUT2D eigenvalue weighted by Gasteiger charge is -2.31. The molecule has 1 aliphatic heterocycles. The van der Waals surface area contributed by atoms with Crippen molar-refractivity contribution < 1.29 is 37.0 Å². The van der Waals surface area contributed by atoms with Crippen LogP contribution in [0, 0.1) is 12.7 Å². The number of nitrogens with zero attached hydrogens (tertiary/aromatic N) is 2. The normalized spacial score (nSPS) is 18.0. The molecule has 0 spiro atoms. The number of nitrogens with one attached hydrogen (secondary N) is 1. The molecule has 1 aliphatic rings. The standard InChI is InChI=1S/C27H21ClF4N4O4S/c1-12-35-21-17(28)7-14(8-18(21)41-12)23(37)34-10-26(39,27(30,31)32)19-9-16-22(40-11-25(16,2)24(33)38)20(36-19)13-3-5-15(29)6-4-13/h3-9,39H,10-11H2,1-2H3,(H2,33,38)(H,34,37)/t25-,26?/m0/s1. The van der Waals surface area contributed by atoms with Crippen LogP contribution in [0.1, 0.15) is 33.5 Å². The molecular weight excluding hydrogens is 588 g/mol. The molecule has 0 bridgehead atoms. The van der Waals surface area contributed by atoms with Crippen molar-refractivity contribution in [3.63, 3.8) is 0 Å². The lowest BCUT2D eigenvalue weighted by atomic mass is 9.81. The van der Waals surface area contributed by atoms with Gasteiger partial charge in [-0.1, -0.05) is 11.6 Å². The SMILES string of the molecule is Cc1nc2c(Cl)cc(C(=O)NCC(O)(c3cc4c(c(-c5ccc(F)cc5)n3)OC[C@]4(C)C(N)=O)C(F)(F)F)cc2s1. The van der Waals surface area contributed by atoms with Crippen LogP contribution in [0.3, 0.4) is 0 Å². The van der Waals surface area contributed by atoms with Gasteiger partial charge in [0.25, 0.3) is 5.91 Å². The topological polar surface area (TPSA) is 127 Å². The van der Waals surface area contributed by atoms with E-state index in [1.165, 1.54) is 42.5 Å². The number of aliphatic hydroxyl groups is 1. The third-order valence-electron chi connectivity index (χ3n) is 6.95. The highest BCUT2D eigenvalue weighted by atomic mass is 35.5. The minimum atomic E-state index is -5.35. The number of thiazole rings is 1. The lowest BCUT2D eigenvalue weighted by molar-refractivity contribution is -0.265. The predicted molar refractivity (Wildman–Crippen MR) is 143 cm³/mol. The van der Waals surface area contributed by atoms with Crippen LogP contribution in [0.5, 0.6) is 5.75 Å². The van der Waals surface area contributed by atoms with Gasteiger partial charge in [0.05, 0.1) is 27.0 Å². The highest BCUT2D eigenvalue weighted by Gasteiger charge is 2.57. The van der Waals surface area contributed by atoms with Gasteiger partial charge >= 0.3 is 6.18 Å². The van der Waals surface area contributed by atoms with Crippen LogP contribution in [0.25, 0.3) is 21.5 Å². The van der Waals surface area contributed by atoms with E-state index in [0.29, 0.717) is 15.2 Å². The summed E-state index contributed by atoms with van der Waals surface area (Å²) < 4.78 is 63.5. The number of hydrogen-bond donors (Lipinski definition) is 3. The van der Waals surface area contributed by atoms with E-state index < -0.39 is 47.1 Å². The van der Waals surface area contributed by atoms with Crippen molar-refractivity contribution in [3.05, 3.63) is 75.1 Å². The molecule has 0 saturated carbocycles. The minimum Gasteiger partial charge on any atom is -0.489 e. The van der Waals surface area contributed by atoms with Crippen molar-refractivity contribution in [1.82, 2.24) is 15.3 Å². The molecule has 2 atom stereocenters. The number of aryl methyl sites for hydroxylation is 1. The first-order valence-corrected chi connectivity index (χ1v) is 13.2. The third-order valence-corrected chi connectivity index (χ3v) is 8.16. The molecule has 0 saturated heterocycles. The Kier molecular flexibility index (Phi) is 6.95. The van der Waals surface area contributed by atoms with Crippen molar-refractivity contribution in [2.24, 2.45) is 5.73 Å². The molecule has 0 aliphatic carbocycles. The molecule has 14 heteroatoms. The van der Waals surface area contributed by atoms with Crippen LogP contribution in [-0.4, -0.2) is 46.2 Å². The fraction of sp³-hybridized carbons (Fsp3) is 0.259. The number of hydrogen-bond acceptors (Lipinski definition) is 7. The van der Waals surface area contributed by atoms with E-state index in [-0.39, 0.29) is 39.8 Å². The summed E-state index contributed by atoms with van der Waals surface area (Å²) in [4.78, 5) is 33.6. The van der Waals surface area contributed by atoms with Gasteiger partial charge in [-0.05, 0) is 56.3 Å². The van der Waals surface area contributed by atoms with Gasteiger partial charge < -0.3 is 20.9 Å². The summed E-state index contributed by atoms with van der Waals surface area (Å²) in [6, 6.07) is 8.26. The summed E-state index contributed by atoms with van der Waals surface area (Å²) in [6.07, 6.45) is -5.35. The van der Waals surface area contributed by atoms with Crippen LogP contribution in [0.15, 0.2) is 42.5 Å². The van der Waals surface area contributed by atoms with E-state index >= 15 is 0 Å². The molecule has 0 fully saturated rings. The third kappa shape index (κ3) is 4.87. The Morgan fingerprint density at radius 2 is 1.88 bits per heavy atom. The van der Waals surface area contributed by atoms with Gasteiger partial charge in [-0.3, -0.25) is 9.59 Å². The Hall–Kier alpha value is -3.81. The zero-order valence-electron chi connectivity index (χ0n) is 21.4. The number of amides is 2. The molecular formula is C27H21ClF4N4O4S. The number of nitrogens with two attached hydrogens (primary N) is 1. The molecule has 5 rings (SSSR count). The zero-order chi connectivity index (χ0) is 29.9. The second-order valence-electron chi connectivity index (χ2n) is 9.80. The van der Waals surface area contributed by atoms with Crippen molar-refractivity contribution in [2.75, 3.05) is 13.2 Å². The quantitative estimate of drug-likeness (QED) is 0.271. The Bertz CT molecular complexity index is 1710. The lowest BCUT2D eigenvalue weighted by Crippen LogP contribution is -2.51. The van der Waals surface area contributed by atoms with Crippen LogP contribution in [0.2, 0.25) is 5.02 Å². The number of benzene rings is 2. The molecule has 3 heterocycles. The second kappa shape index (κ2) is 9.93. The maximum atomic E-state index is 14.6. The summed E-state index contributed by atoms with van der Waals surface area (Å²) in [5, 5.41) is 14.1. The number of fused-ring (bicyclic) bond motifs is 2. The Balaban J connectivity index is 1.59. The van der Waals surface area contributed by atoms with Crippen LogP contribution >= 0.6 is 22.9 Å². The fourth-order valence-electron chi connectivity index (χ4n) is 4.48. The van der Waals surface area contributed by atoms with E-state index in [1.54, 1.807) is 6.92 Å². The second-order valence-corrected chi connectivity index (χ2v) is 11.4. The highest BCUT2D eigenvalue weighted by molar-refractivity contribution is 7.18. The maximum Gasteiger partial charge on any atom is 0.424 e. The molecule has 41 heavy (non-hydrogen) atoms. The Morgan fingerprint density at radius 1 is 1.20 bits per heavy atom. The maximum absolute atomic E-state index is 14.6. The molecule has 2 amide bonds. The highest BCUT2D eigenvalue weighted by Crippen LogP contribution is 2.47. The zero-order valence-corrected chi connectivity index (χ0v) is 23.0. The van der Waals surface area contributed by atoms with Gasteiger partial charge in [0, 0.05) is 16.7 Å². The van der Waals surface area contributed by atoms with Gasteiger partial charge in [0.15, 0.2) is 0 Å². The smallest absolute Gasteiger partial charge is 0.424 e. The van der Waals surface area contributed by atoms with Gasteiger partial charge in [0.1, 0.15) is 34.8 Å². The number of ether oxygens (including phenoxy) is 1. The number of carbonyl (C=O) groups is 2. The summed E-state index contributed by atoms with van der Waals surface area (Å²) >= 11 is 7.47. The number of alkyl halides is 3. The molecule has 214 valence electrons. The summed E-state index contributed by atoms with van der Waals surface area (Å²) in [7, 11) is 0. The van der Waals surface area contributed by atoms with Crippen LogP contribution in [-0.2, 0) is 15.8 Å². The largest absolute Gasteiger partial charge is 0.489 e. The van der Waals surface area contributed by atoms with Gasteiger partial charge in [-0.15, -0.1) is 11.3 Å². The molecule has 8 nitrogen and oxygen atoms in total. The number of pyridine rings is 1. The molecule has 4 N–H and O–H groups in total. The van der Waals surface area contributed by atoms with E-state index in [4.69, 9.17) is 22.1 Å². The van der Waals surface area contributed by atoms with E-state index in [2.05, 4.69) is 15.3 Å². The van der Waals surface area contributed by atoms with Crippen molar-refractivity contribution in [3.8, 4) is 17.0 Å². The summed E-state index contributed by atoms with van der Waals surface area (Å²) in [5.74, 6) is -2.45. The van der Waals surface area contributed by atoms with Crippen molar-refractivity contribution >= 4 is 45.0 Å². The number of aromatic nitrogens is 2. The van der Waals surface area contributed by atoms with E-state index in [1.807, 2.05) is 0 Å². The first-order chi connectivity index (χ1) is 19.1. The van der Waals surface area contributed by atoms with Crippen LogP contribution in [0.4, 0.5) is 17.6 Å². The van der Waals surface area contributed by atoms with E-state index in [0.717, 1.165) is 18.2 Å². The van der Waals surface area contributed by atoms with Crippen LogP contribution < -0.4 is 15.8 Å².